The molecule has 2 heterocycles. The van der Waals surface area contributed by atoms with Gasteiger partial charge in [-0.2, -0.15) is 8.78 Å². The SMILES string of the molecule is Cc1nc2ccc(-c3cnc(N(CCO)CCN(C)C)nc3)cc2n1Cc1ccccc1OC(F)F. The van der Waals surface area contributed by atoms with Gasteiger partial charge in [0.25, 0.3) is 0 Å². The van der Waals surface area contributed by atoms with Crippen LogP contribution in [-0.4, -0.2) is 76.5 Å². The summed E-state index contributed by atoms with van der Waals surface area (Å²) in [5, 5.41) is 9.43. The lowest BCUT2D eigenvalue weighted by molar-refractivity contribution is -0.0504. The van der Waals surface area contributed by atoms with Gasteiger partial charge in [-0.05, 0) is 44.8 Å². The van der Waals surface area contributed by atoms with E-state index < -0.39 is 6.61 Å². The van der Waals surface area contributed by atoms with E-state index in [0.717, 1.165) is 34.5 Å². The molecule has 1 N–H and O–H groups in total. The fraction of sp³-hybridized carbons (Fsp3) is 0.346. The van der Waals surface area contributed by atoms with Crippen molar-refractivity contribution < 1.29 is 18.6 Å². The van der Waals surface area contributed by atoms with Crippen LogP contribution < -0.4 is 9.64 Å². The molecule has 0 radical (unpaired) electrons. The van der Waals surface area contributed by atoms with Gasteiger partial charge in [-0.25, -0.2) is 15.0 Å². The molecule has 36 heavy (non-hydrogen) atoms. The summed E-state index contributed by atoms with van der Waals surface area (Å²) in [6.45, 7) is 1.32. The van der Waals surface area contributed by atoms with Gasteiger partial charge in [-0.3, -0.25) is 0 Å². The van der Waals surface area contributed by atoms with Gasteiger partial charge >= 0.3 is 6.61 Å². The monoisotopic (exact) mass is 496 g/mol. The molecule has 0 atom stereocenters. The van der Waals surface area contributed by atoms with Crippen LogP contribution in [0.4, 0.5) is 14.7 Å². The third kappa shape index (κ3) is 5.95. The van der Waals surface area contributed by atoms with E-state index >= 15 is 0 Å². The molecule has 0 aliphatic heterocycles. The Bertz CT molecular complexity index is 1290. The number of aryl methyl sites for hydroxylation is 1. The normalized spacial score (nSPS) is 11.6. The molecule has 0 amide bonds. The number of aliphatic hydroxyl groups is 1. The lowest BCUT2D eigenvalue weighted by Gasteiger charge is -2.23. The Morgan fingerprint density at radius 3 is 2.44 bits per heavy atom. The van der Waals surface area contributed by atoms with Gasteiger partial charge in [0.1, 0.15) is 11.6 Å². The van der Waals surface area contributed by atoms with Crippen molar-refractivity contribution in [3.05, 3.63) is 66.2 Å². The van der Waals surface area contributed by atoms with Crippen LogP contribution in [0.2, 0.25) is 0 Å². The Kier molecular flexibility index (Phi) is 8.07. The number of fused-ring (bicyclic) bond motifs is 1. The molecule has 0 spiro atoms. The zero-order chi connectivity index (χ0) is 25.7. The minimum Gasteiger partial charge on any atom is -0.434 e. The number of anilines is 1. The molecular formula is C26H30F2N6O2. The second-order valence-electron chi connectivity index (χ2n) is 8.72. The first-order valence-corrected chi connectivity index (χ1v) is 11.7. The van der Waals surface area contributed by atoms with E-state index in [9.17, 15) is 13.9 Å². The van der Waals surface area contributed by atoms with E-state index in [1.54, 1.807) is 36.7 Å². The van der Waals surface area contributed by atoms with Gasteiger partial charge in [-0.15, -0.1) is 0 Å². The maximum Gasteiger partial charge on any atom is 0.387 e. The van der Waals surface area contributed by atoms with E-state index in [1.807, 2.05) is 48.7 Å². The summed E-state index contributed by atoms with van der Waals surface area (Å²) >= 11 is 0. The number of halogens is 2. The molecule has 190 valence electrons. The third-order valence-corrected chi connectivity index (χ3v) is 5.90. The number of aromatic nitrogens is 4. The number of likely N-dealkylation sites (N-methyl/N-ethyl adjacent to an activating group) is 1. The lowest BCUT2D eigenvalue weighted by atomic mass is 10.1. The van der Waals surface area contributed by atoms with Crippen LogP contribution in [0.3, 0.4) is 0 Å². The molecule has 0 saturated carbocycles. The van der Waals surface area contributed by atoms with Gasteiger partial charge in [0.05, 0.1) is 24.2 Å². The molecule has 0 aliphatic rings. The van der Waals surface area contributed by atoms with Crippen LogP contribution in [0.5, 0.6) is 5.75 Å². The number of hydrogen-bond donors (Lipinski definition) is 1. The highest BCUT2D eigenvalue weighted by Gasteiger charge is 2.15. The maximum absolute atomic E-state index is 12.9. The zero-order valence-electron chi connectivity index (χ0n) is 20.6. The summed E-state index contributed by atoms with van der Waals surface area (Å²) in [6, 6.07) is 12.7. The van der Waals surface area contributed by atoms with Crippen LogP contribution in [0.1, 0.15) is 11.4 Å². The molecule has 0 saturated heterocycles. The van der Waals surface area contributed by atoms with Gasteiger partial charge in [0.15, 0.2) is 0 Å². The van der Waals surface area contributed by atoms with Crippen molar-refractivity contribution in [3.8, 4) is 16.9 Å². The molecular weight excluding hydrogens is 466 g/mol. The van der Waals surface area contributed by atoms with Gasteiger partial charge in [0, 0.05) is 43.2 Å². The number of alkyl halides is 2. The number of hydrogen-bond acceptors (Lipinski definition) is 7. The average Bonchev–Trinajstić information content (AvgIpc) is 3.17. The minimum atomic E-state index is -2.89. The van der Waals surface area contributed by atoms with E-state index in [4.69, 9.17) is 4.74 Å². The number of benzene rings is 2. The van der Waals surface area contributed by atoms with Crippen molar-refractivity contribution in [1.82, 2.24) is 24.4 Å². The Morgan fingerprint density at radius 1 is 1.00 bits per heavy atom. The Hall–Kier alpha value is -3.63. The summed E-state index contributed by atoms with van der Waals surface area (Å²) in [6.07, 6.45) is 3.53. The Morgan fingerprint density at radius 2 is 1.75 bits per heavy atom. The molecule has 0 bridgehead atoms. The fourth-order valence-electron chi connectivity index (χ4n) is 4.02. The highest BCUT2D eigenvalue weighted by Crippen LogP contribution is 2.28. The van der Waals surface area contributed by atoms with Crippen molar-refractivity contribution >= 4 is 17.0 Å². The standard InChI is InChI=1S/C26H30F2N6O2/c1-18-31-22-9-8-19(21-15-29-26(30-16-21)33(12-13-35)11-10-32(2)3)14-23(22)34(18)17-20-6-4-5-7-24(20)36-25(27)28/h4-9,14-16,25,35H,10-13,17H2,1-3H3. The summed E-state index contributed by atoms with van der Waals surface area (Å²) < 4.78 is 32.5. The van der Waals surface area contributed by atoms with Crippen molar-refractivity contribution in [1.29, 1.82) is 0 Å². The molecule has 2 aromatic heterocycles. The second kappa shape index (κ2) is 11.4. The van der Waals surface area contributed by atoms with Crippen molar-refractivity contribution in [2.24, 2.45) is 0 Å². The first-order valence-electron chi connectivity index (χ1n) is 11.7. The van der Waals surface area contributed by atoms with Crippen LogP contribution >= 0.6 is 0 Å². The predicted octanol–water partition coefficient (Wildman–Crippen LogP) is 3.81. The molecule has 0 aliphatic carbocycles. The summed E-state index contributed by atoms with van der Waals surface area (Å²) in [5.41, 5.74) is 4.06. The van der Waals surface area contributed by atoms with E-state index in [1.165, 1.54) is 0 Å². The van der Waals surface area contributed by atoms with E-state index in [2.05, 4.69) is 19.9 Å². The largest absolute Gasteiger partial charge is 0.434 e. The molecule has 8 nitrogen and oxygen atoms in total. The second-order valence-corrected chi connectivity index (χ2v) is 8.72. The van der Waals surface area contributed by atoms with Crippen molar-refractivity contribution in [2.45, 2.75) is 20.1 Å². The zero-order valence-corrected chi connectivity index (χ0v) is 20.6. The van der Waals surface area contributed by atoms with Gasteiger partial charge in [-0.1, -0.05) is 24.3 Å². The number of ether oxygens (including phenoxy) is 1. The lowest BCUT2D eigenvalue weighted by Crippen LogP contribution is -2.35. The molecule has 0 unspecified atom stereocenters. The smallest absolute Gasteiger partial charge is 0.387 e. The Labute approximate surface area is 208 Å². The fourth-order valence-corrected chi connectivity index (χ4v) is 4.02. The molecule has 10 heteroatoms. The molecule has 4 aromatic rings. The summed E-state index contributed by atoms with van der Waals surface area (Å²) in [4.78, 5) is 17.7. The summed E-state index contributed by atoms with van der Waals surface area (Å²) in [5.74, 6) is 1.48. The quantitative estimate of drug-likeness (QED) is 0.338. The van der Waals surface area contributed by atoms with Crippen LogP contribution in [0.15, 0.2) is 54.9 Å². The van der Waals surface area contributed by atoms with Crippen LogP contribution in [0.25, 0.3) is 22.2 Å². The van der Waals surface area contributed by atoms with E-state index in [-0.39, 0.29) is 12.4 Å². The predicted molar refractivity (Wildman–Crippen MR) is 136 cm³/mol. The van der Waals surface area contributed by atoms with Crippen molar-refractivity contribution in [2.75, 3.05) is 45.2 Å². The topological polar surface area (TPSA) is 79.5 Å². The molecule has 4 rings (SSSR count). The van der Waals surface area contributed by atoms with Crippen LogP contribution in [0, 0.1) is 6.92 Å². The summed E-state index contributed by atoms with van der Waals surface area (Å²) in [7, 11) is 3.99. The number of aliphatic hydroxyl groups excluding tert-OH is 1. The van der Waals surface area contributed by atoms with Gasteiger partial charge < -0.3 is 24.2 Å². The van der Waals surface area contributed by atoms with Crippen LogP contribution in [-0.2, 0) is 6.54 Å². The van der Waals surface area contributed by atoms with Crippen molar-refractivity contribution in [3.63, 3.8) is 0 Å². The maximum atomic E-state index is 12.9. The molecule has 0 fully saturated rings. The molecule has 2 aromatic carbocycles. The number of nitrogens with zero attached hydrogens (tertiary/aromatic N) is 6. The number of para-hydroxylation sites is 1. The Balaban J connectivity index is 1.62. The number of imidazole rings is 1. The highest BCUT2D eigenvalue weighted by molar-refractivity contribution is 5.82. The average molecular weight is 497 g/mol. The first-order chi connectivity index (χ1) is 17.4. The minimum absolute atomic E-state index is 0.0179. The van der Waals surface area contributed by atoms with Gasteiger partial charge in [0.2, 0.25) is 5.95 Å². The highest BCUT2D eigenvalue weighted by atomic mass is 19.3. The third-order valence-electron chi connectivity index (χ3n) is 5.90. The van der Waals surface area contributed by atoms with E-state index in [0.29, 0.717) is 31.1 Å². The number of rotatable bonds is 11. The first kappa shape index (κ1) is 25.5.